The van der Waals surface area contributed by atoms with E-state index in [1.807, 2.05) is 13.8 Å². The van der Waals surface area contributed by atoms with Gasteiger partial charge in [-0.05, 0) is 183 Å². The monoisotopic (exact) mass is 1580 g/mol. The van der Waals surface area contributed by atoms with Crippen molar-refractivity contribution in [3.63, 3.8) is 0 Å². The molecule has 0 heterocycles. The van der Waals surface area contributed by atoms with Crippen molar-refractivity contribution in [3.05, 3.63) is 12.2 Å². The van der Waals surface area contributed by atoms with E-state index in [0.717, 1.165) is 206 Å². The molecule has 0 saturated heterocycles. The summed E-state index contributed by atoms with van der Waals surface area (Å²) in [6.07, 6.45) is 74.4. The first-order valence-corrected chi connectivity index (χ1v) is 48.8. The predicted octanol–water partition coefficient (Wildman–Crippen LogP) is 27.2. The van der Waals surface area contributed by atoms with E-state index in [1.165, 1.54) is 230 Å². The van der Waals surface area contributed by atoms with Gasteiger partial charge in [0.15, 0.2) is 0 Å². The largest absolute Gasteiger partial charge is 0.466 e. The highest BCUT2D eigenvalue weighted by Gasteiger charge is 2.32. The molecule has 2 atom stereocenters. The molecule has 0 bridgehead atoms. The molecular weight excluding hydrogens is 1390 g/mol. The lowest BCUT2D eigenvalue weighted by Gasteiger charge is -2.30. The molecular formula is C98H188N4O10. The molecule has 0 radical (unpaired) electrons. The Bertz CT molecular complexity index is 2160. The number of rotatable bonds is 86. The third kappa shape index (κ3) is 68.5. The van der Waals surface area contributed by atoms with Gasteiger partial charge in [-0.1, -0.05) is 324 Å². The van der Waals surface area contributed by atoms with E-state index < -0.39 is 10.8 Å². The van der Waals surface area contributed by atoms with Gasteiger partial charge in [0.25, 0.3) is 0 Å². The van der Waals surface area contributed by atoms with E-state index in [9.17, 15) is 28.8 Å². The molecule has 2 amide bonds. The van der Waals surface area contributed by atoms with Crippen LogP contribution in [0.2, 0.25) is 0 Å². The van der Waals surface area contributed by atoms with Crippen molar-refractivity contribution in [3.8, 4) is 0 Å². The van der Waals surface area contributed by atoms with Crippen molar-refractivity contribution in [2.45, 2.75) is 518 Å². The van der Waals surface area contributed by atoms with E-state index in [1.54, 1.807) is 0 Å². The molecule has 0 aromatic rings. The van der Waals surface area contributed by atoms with E-state index in [4.69, 9.17) is 18.9 Å². The number of carbonyl (C=O) groups is 6. The summed E-state index contributed by atoms with van der Waals surface area (Å²) in [7, 11) is 0. The first kappa shape index (κ1) is 108. The first-order chi connectivity index (χ1) is 54.3. The summed E-state index contributed by atoms with van der Waals surface area (Å²) in [5, 5.41) is 6.20. The molecule has 0 aromatic carbocycles. The average Bonchev–Trinajstić information content (AvgIpc) is 0.866. The van der Waals surface area contributed by atoms with Gasteiger partial charge in [0.05, 0.1) is 24.0 Å². The van der Waals surface area contributed by atoms with Gasteiger partial charge >= 0.3 is 23.9 Å². The Morgan fingerprint density at radius 1 is 0.295 bits per heavy atom. The highest BCUT2D eigenvalue weighted by molar-refractivity contribution is 5.96. The van der Waals surface area contributed by atoms with Crippen LogP contribution < -0.4 is 10.6 Å². The second kappa shape index (κ2) is 78.6. The van der Waals surface area contributed by atoms with Gasteiger partial charge in [-0.2, -0.15) is 0 Å². The first-order valence-electron chi connectivity index (χ1n) is 48.8. The number of hydrogen-bond acceptors (Lipinski definition) is 12. The Morgan fingerprint density at radius 3 is 0.920 bits per heavy atom. The summed E-state index contributed by atoms with van der Waals surface area (Å²) in [6.45, 7) is 31.3. The highest BCUT2D eigenvalue weighted by atomic mass is 16.6. The third-order valence-electron chi connectivity index (χ3n) is 23.6. The summed E-state index contributed by atoms with van der Waals surface area (Å²) in [6, 6.07) is 0.0852. The maximum Gasteiger partial charge on any atom is 0.311 e. The number of carbonyl (C=O) groups excluding carboxylic acids is 6. The quantitative estimate of drug-likeness (QED) is 0.0256. The number of esters is 4. The molecule has 2 N–H and O–H groups in total. The van der Waals surface area contributed by atoms with E-state index in [-0.39, 0.29) is 60.0 Å². The van der Waals surface area contributed by atoms with E-state index in [0.29, 0.717) is 39.1 Å². The predicted molar refractivity (Wildman–Crippen MR) is 476 cm³/mol. The minimum Gasteiger partial charge on any atom is -0.466 e. The van der Waals surface area contributed by atoms with Gasteiger partial charge in [0.2, 0.25) is 11.8 Å². The van der Waals surface area contributed by atoms with Gasteiger partial charge in [-0.15, -0.1) is 0 Å². The second-order valence-corrected chi connectivity index (χ2v) is 35.7. The molecule has 0 aliphatic rings. The standard InChI is InChI=1S/C98H188N4O10/c1-13-19-25-31-37-39-41-52-67-83-109-93(105)73-60-54-65-81-101(79-63-50-43-48-59-74-94(106)111-89(69-55-44-33-27-21-15-3)70-56-45-34-28-22-16-4)87(7)85-99-91(103)75-76-92(104)100-86-88(8)102(82-66-62-78-97(9,10)95(107)110-84-68-53-42-40-38-32-26-20-14-2)80-64-51-49-61-77-98(11,12)96(108)112-90(71-57-46-35-29-23-17-5)72-58-47-36-30-24-18-6/h75-76,87-90H,13-74,77-86H2,1-12H3,(H,99,103)(H,100,104)/b76-75+. The zero-order chi connectivity index (χ0) is 82.5. The van der Waals surface area contributed by atoms with Crippen molar-refractivity contribution >= 4 is 35.7 Å². The summed E-state index contributed by atoms with van der Waals surface area (Å²) >= 11 is 0. The normalized spacial score (nSPS) is 12.6. The SMILES string of the molecule is CCCCCCCCCCCOC(=O)CCCCCN(CCCCCCCC(=O)OC(CCCCCCCC)CCCCCCCC)C(C)CNC(=O)/C=C/C(=O)NCC(C)N(CCCCCCC(C)(C)C(=O)OC(CCCCCCCC)CCCCCCCC)CCCCC(C)(C)C(=O)OCCCCCCCCCCC. The Labute approximate surface area is 693 Å². The van der Waals surface area contributed by atoms with Gasteiger partial charge in [0.1, 0.15) is 12.2 Å². The van der Waals surface area contributed by atoms with E-state index in [2.05, 4.69) is 89.7 Å². The van der Waals surface area contributed by atoms with Crippen molar-refractivity contribution < 1.29 is 47.7 Å². The number of hydrogen-bond donors (Lipinski definition) is 2. The zero-order valence-electron chi connectivity index (χ0n) is 76.4. The molecule has 0 aliphatic carbocycles. The Morgan fingerprint density at radius 2 is 0.554 bits per heavy atom. The second-order valence-electron chi connectivity index (χ2n) is 35.7. The van der Waals surface area contributed by atoms with Crippen LogP contribution in [0.25, 0.3) is 0 Å². The molecule has 660 valence electrons. The smallest absolute Gasteiger partial charge is 0.311 e. The van der Waals surface area contributed by atoms with Crippen LogP contribution in [0.1, 0.15) is 494 Å². The molecule has 14 heteroatoms. The van der Waals surface area contributed by atoms with Crippen LogP contribution in [-0.2, 0) is 47.7 Å². The third-order valence-corrected chi connectivity index (χ3v) is 23.6. The fourth-order valence-corrected chi connectivity index (χ4v) is 15.5. The molecule has 0 aromatic heterocycles. The number of ether oxygens (including phenoxy) is 4. The molecule has 0 saturated carbocycles. The van der Waals surface area contributed by atoms with Gasteiger partial charge in [0, 0.05) is 50.2 Å². The Balaban J connectivity index is 5.86. The van der Waals surface area contributed by atoms with Crippen LogP contribution in [-0.4, -0.2) is 122 Å². The molecule has 0 aliphatic heterocycles. The lowest BCUT2D eigenvalue weighted by atomic mass is 9.86. The topological polar surface area (TPSA) is 170 Å². The van der Waals surface area contributed by atoms with Gasteiger partial charge in [-0.3, -0.25) is 38.6 Å². The van der Waals surface area contributed by atoms with Crippen molar-refractivity contribution in [2.24, 2.45) is 10.8 Å². The average molecular weight is 1580 g/mol. The number of unbranched alkanes of at least 4 members (excludes halogenated alkanes) is 46. The van der Waals surface area contributed by atoms with Gasteiger partial charge in [-0.25, -0.2) is 0 Å². The van der Waals surface area contributed by atoms with Crippen LogP contribution >= 0.6 is 0 Å². The fourth-order valence-electron chi connectivity index (χ4n) is 15.5. The van der Waals surface area contributed by atoms with Gasteiger partial charge < -0.3 is 29.6 Å². The number of nitrogens with zero attached hydrogens (tertiary/aromatic N) is 2. The van der Waals surface area contributed by atoms with Crippen molar-refractivity contribution in [2.75, 3.05) is 52.5 Å². The summed E-state index contributed by atoms with van der Waals surface area (Å²) in [5.74, 6) is -0.906. The number of amides is 2. The lowest BCUT2D eigenvalue weighted by molar-refractivity contribution is -0.161. The van der Waals surface area contributed by atoms with E-state index >= 15 is 0 Å². The molecule has 0 spiro atoms. The van der Waals surface area contributed by atoms with Crippen molar-refractivity contribution in [1.82, 2.24) is 20.4 Å². The molecule has 2 unspecified atom stereocenters. The van der Waals surface area contributed by atoms with Crippen LogP contribution in [0.15, 0.2) is 12.2 Å². The lowest BCUT2D eigenvalue weighted by Crippen LogP contribution is -2.43. The minimum absolute atomic E-state index is 0.00783. The van der Waals surface area contributed by atoms with Crippen LogP contribution in [0.4, 0.5) is 0 Å². The zero-order valence-corrected chi connectivity index (χ0v) is 76.4. The maximum atomic E-state index is 13.8. The molecule has 112 heavy (non-hydrogen) atoms. The van der Waals surface area contributed by atoms with Crippen LogP contribution in [0.5, 0.6) is 0 Å². The summed E-state index contributed by atoms with van der Waals surface area (Å²) in [5.41, 5.74) is -1.11. The molecule has 0 fully saturated rings. The highest BCUT2D eigenvalue weighted by Crippen LogP contribution is 2.30. The Kier molecular flexibility index (Phi) is 76.2. The molecule has 0 rings (SSSR count). The fraction of sp³-hybridized carbons (Fsp3) is 0.918. The van der Waals surface area contributed by atoms with Crippen molar-refractivity contribution in [1.29, 1.82) is 0 Å². The summed E-state index contributed by atoms with van der Waals surface area (Å²) < 4.78 is 24.0. The van der Waals surface area contributed by atoms with Crippen LogP contribution in [0, 0.1) is 10.8 Å². The molecule has 14 nitrogen and oxygen atoms in total. The van der Waals surface area contributed by atoms with Crippen LogP contribution in [0.3, 0.4) is 0 Å². The summed E-state index contributed by atoms with van der Waals surface area (Å²) in [4.78, 5) is 84.9. The number of nitrogens with one attached hydrogen (secondary N) is 2. The minimum atomic E-state index is -0.570. The Hall–Kier alpha value is -3.52. The maximum absolute atomic E-state index is 13.8.